The minimum atomic E-state index is -4.77. The first-order chi connectivity index (χ1) is 12.6. The van der Waals surface area contributed by atoms with Crippen molar-refractivity contribution in [2.75, 3.05) is 20.1 Å². The molecule has 1 fully saturated rings. The van der Waals surface area contributed by atoms with Gasteiger partial charge in [0.1, 0.15) is 11.4 Å². The summed E-state index contributed by atoms with van der Waals surface area (Å²) in [5.41, 5.74) is -0.250. The maximum absolute atomic E-state index is 12.4. The van der Waals surface area contributed by atoms with E-state index in [1.165, 1.54) is 24.3 Å². The number of alkyl halides is 3. The van der Waals surface area contributed by atoms with Gasteiger partial charge in [0.15, 0.2) is 0 Å². The Morgan fingerprint density at radius 2 is 1.70 bits per heavy atom. The summed E-state index contributed by atoms with van der Waals surface area (Å²) in [5, 5.41) is 21.3. The van der Waals surface area contributed by atoms with E-state index in [2.05, 4.69) is 9.64 Å². The summed E-state index contributed by atoms with van der Waals surface area (Å²) in [4.78, 5) is 2.06. The molecule has 1 aliphatic heterocycles. The molecule has 4 nitrogen and oxygen atoms in total. The molecule has 0 radical (unpaired) electrons. The van der Waals surface area contributed by atoms with E-state index in [0.717, 1.165) is 0 Å². The predicted molar refractivity (Wildman–Crippen MR) is 94.1 cm³/mol. The summed E-state index contributed by atoms with van der Waals surface area (Å²) in [7, 11) is 1.94. The summed E-state index contributed by atoms with van der Waals surface area (Å²) in [6, 6.07) is 12.3. The van der Waals surface area contributed by atoms with E-state index in [0.29, 0.717) is 29.8 Å². The molecule has 27 heavy (non-hydrogen) atoms. The van der Waals surface area contributed by atoms with Gasteiger partial charge in [-0.1, -0.05) is 43.3 Å². The van der Waals surface area contributed by atoms with Crippen LogP contribution in [0.15, 0.2) is 48.5 Å². The summed E-state index contributed by atoms with van der Waals surface area (Å²) >= 11 is 0. The Kier molecular flexibility index (Phi) is 4.96. The van der Waals surface area contributed by atoms with E-state index >= 15 is 0 Å². The van der Waals surface area contributed by atoms with Gasteiger partial charge in [0, 0.05) is 18.5 Å². The van der Waals surface area contributed by atoms with E-state index in [1.54, 1.807) is 24.3 Å². The fraction of sp³-hybridized carbons (Fsp3) is 0.400. The minimum Gasteiger partial charge on any atom is -0.406 e. The number of aliphatic hydroxyl groups is 2. The molecule has 2 N–H and O–H groups in total. The van der Waals surface area contributed by atoms with Crippen molar-refractivity contribution >= 4 is 0 Å². The van der Waals surface area contributed by atoms with Crippen LogP contribution in [0.2, 0.25) is 0 Å². The number of aliphatic hydroxyl groups excluding tert-OH is 1. The van der Waals surface area contributed by atoms with Crippen LogP contribution in [0.5, 0.6) is 5.75 Å². The van der Waals surface area contributed by atoms with Crippen molar-refractivity contribution in [2.45, 2.75) is 25.5 Å². The number of ether oxygens (including phenoxy) is 1. The van der Waals surface area contributed by atoms with Crippen molar-refractivity contribution in [3.63, 3.8) is 0 Å². The van der Waals surface area contributed by atoms with E-state index in [9.17, 15) is 23.4 Å². The third-order valence-electron chi connectivity index (χ3n) is 5.14. The summed E-state index contributed by atoms with van der Waals surface area (Å²) < 4.78 is 41.2. The van der Waals surface area contributed by atoms with Crippen LogP contribution in [0.4, 0.5) is 13.2 Å². The van der Waals surface area contributed by atoms with E-state index in [4.69, 9.17) is 0 Å². The van der Waals surface area contributed by atoms with Crippen molar-refractivity contribution in [3.05, 3.63) is 65.2 Å². The van der Waals surface area contributed by atoms with E-state index < -0.39 is 17.4 Å². The van der Waals surface area contributed by atoms with Crippen LogP contribution in [0, 0.1) is 5.41 Å². The number of nitrogens with zero attached hydrogens (tertiary/aromatic N) is 1. The molecule has 1 aliphatic rings. The van der Waals surface area contributed by atoms with Gasteiger partial charge in [-0.15, -0.1) is 13.2 Å². The summed E-state index contributed by atoms with van der Waals surface area (Å²) in [6.45, 7) is 3.01. The van der Waals surface area contributed by atoms with Gasteiger partial charge in [-0.25, -0.2) is 0 Å². The van der Waals surface area contributed by atoms with Crippen molar-refractivity contribution in [1.29, 1.82) is 0 Å². The Hall–Kier alpha value is -2.09. The average Bonchev–Trinajstić information content (AvgIpc) is 2.59. The fourth-order valence-electron chi connectivity index (χ4n) is 4.03. The van der Waals surface area contributed by atoms with Crippen molar-refractivity contribution in [3.8, 4) is 5.75 Å². The molecule has 2 aromatic rings. The molecule has 0 spiro atoms. The van der Waals surface area contributed by atoms with Crippen molar-refractivity contribution in [1.82, 2.24) is 4.90 Å². The summed E-state index contributed by atoms with van der Waals surface area (Å²) in [5.74, 6) is -0.339. The second-order valence-corrected chi connectivity index (χ2v) is 7.37. The highest BCUT2D eigenvalue weighted by molar-refractivity contribution is 5.43. The van der Waals surface area contributed by atoms with Gasteiger partial charge in [0.25, 0.3) is 0 Å². The smallest absolute Gasteiger partial charge is 0.406 e. The Bertz CT molecular complexity index is 801. The monoisotopic (exact) mass is 381 g/mol. The van der Waals surface area contributed by atoms with Gasteiger partial charge in [-0.3, -0.25) is 0 Å². The van der Waals surface area contributed by atoms with E-state index in [-0.39, 0.29) is 12.4 Å². The zero-order chi connectivity index (χ0) is 19.9. The number of hydrogen-bond acceptors (Lipinski definition) is 4. The molecule has 0 amide bonds. The van der Waals surface area contributed by atoms with Crippen LogP contribution in [0.1, 0.15) is 23.6 Å². The van der Waals surface area contributed by atoms with Gasteiger partial charge in [-0.05, 0) is 35.9 Å². The summed E-state index contributed by atoms with van der Waals surface area (Å²) in [6.07, 6.45) is -4.77. The molecule has 146 valence electrons. The highest BCUT2D eigenvalue weighted by Crippen LogP contribution is 2.50. The molecule has 7 heteroatoms. The number of rotatable bonds is 5. The second-order valence-electron chi connectivity index (χ2n) is 7.37. The fourth-order valence-corrected chi connectivity index (χ4v) is 4.03. The Balaban J connectivity index is 2.05. The second kappa shape index (κ2) is 6.82. The molecule has 1 atom stereocenters. The lowest BCUT2D eigenvalue weighted by Crippen LogP contribution is -2.63. The average molecular weight is 381 g/mol. The lowest BCUT2D eigenvalue weighted by molar-refractivity contribution is -0.274. The molecular weight excluding hydrogens is 359 g/mol. The molecular formula is C20H22F3NO3. The molecule has 0 saturated carbocycles. The topological polar surface area (TPSA) is 52.9 Å². The van der Waals surface area contributed by atoms with Gasteiger partial charge in [-0.2, -0.15) is 0 Å². The van der Waals surface area contributed by atoms with Crippen LogP contribution in [-0.2, 0) is 12.2 Å². The zero-order valence-corrected chi connectivity index (χ0v) is 15.1. The largest absolute Gasteiger partial charge is 0.573 e. The van der Waals surface area contributed by atoms with Crippen molar-refractivity contribution in [2.24, 2.45) is 5.41 Å². The Morgan fingerprint density at radius 1 is 1.07 bits per heavy atom. The zero-order valence-electron chi connectivity index (χ0n) is 15.1. The third kappa shape index (κ3) is 3.67. The SMILES string of the molecule is CN1CC(C)(C(O)(c2ccc(OC(F)(F)F)cc2)c2cccc(CO)c2)C1. The van der Waals surface area contributed by atoms with Gasteiger partial charge >= 0.3 is 6.36 Å². The first-order valence-corrected chi connectivity index (χ1v) is 8.55. The highest BCUT2D eigenvalue weighted by atomic mass is 19.4. The van der Waals surface area contributed by atoms with Crippen molar-refractivity contribution < 1.29 is 28.1 Å². The Labute approximate surface area is 155 Å². The molecule has 0 aliphatic carbocycles. The number of hydrogen-bond donors (Lipinski definition) is 2. The minimum absolute atomic E-state index is 0.168. The number of likely N-dealkylation sites (tertiary alicyclic amines) is 1. The van der Waals surface area contributed by atoms with Crippen LogP contribution in [0.3, 0.4) is 0 Å². The molecule has 3 rings (SSSR count). The third-order valence-corrected chi connectivity index (χ3v) is 5.14. The van der Waals surface area contributed by atoms with Crippen LogP contribution in [0.25, 0.3) is 0 Å². The van der Waals surface area contributed by atoms with Crippen LogP contribution in [-0.4, -0.2) is 41.6 Å². The van der Waals surface area contributed by atoms with Crippen LogP contribution >= 0.6 is 0 Å². The quantitative estimate of drug-likeness (QED) is 0.835. The molecule has 1 unspecified atom stereocenters. The van der Waals surface area contributed by atoms with Gasteiger partial charge < -0.3 is 19.8 Å². The first-order valence-electron chi connectivity index (χ1n) is 8.55. The standard InChI is InChI=1S/C20H22F3NO3/c1-18(12-24(2)13-18)19(26,16-5-3-4-14(10-16)11-25)15-6-8-17(9-7-15)27-20(21,22)23/h3-10,25-26H,11-13H2,1-2H3. The molecule has 0 bridgehead atoms. The molecule has 0 aromatic heterocycles. The highest BCUT2D eigenvalue weighted by Gasteiger charge is 2.55. The Morgan fingerprint density at radius 3 is 2.22 bits per heavy atom. The number of benzene rings is 2. The first kappa shape index (κ1) is 19.7. The maximum Gasteiger partial charge on any atom is 0.573 e. The maximum atomic E-state index is 12.4. The lowest BCUT2D eigenvalue weighted by Gasteiger charge is -2.56. The van der Waals surface area contributed by atoms with Gasteiger partial charge in [0.2, 0.25) is 0 Å². The molecule has 1 heterocycles. The van der Waals surface area contributed by atoms with Crippen LogP contribution < -0.4 is 4.74 Å². The normalized spacial score (nSPS) is 19.2. The number of halogens is 3. The molecule has 2 aromatic carbocycles. The van der Waals surface area contributed by atoms with E-state index in [1.807, 2.05) is 14.0 Å². The molecule has 1 saturated heterocycles. The predicted octanol–water partition coefficient (Wildman–Crippen LogP) is 3.27. The van der Waals surface area contributed by atoms with Gasteiger partial charge in [0.05, 0.1) is 6.61 Å². The lowest BCUT2D eigenvalue weighted by atomic mass is 9.62.